The topological polar surface area (TPSA) is 71.4 Å². The van der Waals surface area contributed by atoms with Crippen LogP contribution in [0.15, 0.2) is 23.1 Å². The highest BCUT2D eigenvalue weighted by molar-refractivity contribution is 7.92. The number of carbonyl (C=O) groups is 1. The van der Waals surface area contributed by atoms with Crippen LogP contribution in [-0.2, 0) is 17.1 Å². The third-order valence-corrected chi connectivity index (χ3v) is 6.95. The maximum Gasteiger partial charge on any atom is 0.264 e. The van der Waals surface area contributed by atoms with Gasteiger partial charge in [0.25, 0.3) is 15.9 Å². The lowest BCUT2D eigenvalue weighted by Gasteiger charge is -2.17. The first-order chi connectivity index (χ1) is 12.6. The van der Waals surface area contributed by atoms with Gasteiger partial charge in [0, 0.05) is 31.5 Å². The van der Waals surface area contributed by atoms with Gasteiger partial charge in [0.05, 0.1) is 11.3 Å². The minimum absolute atomic E-state index is 0.0828. The van der Waals surface area contributed by atoms with Crippen molar-refractivity contribution in [2.45, 2.75) is 45.4 Å². The zero-order valence-electron chi connectivity index (χ0n) is 16.6. The van der Waals surface area contributed by atoms with Gasteiger partial charge in [0.2, 0.25) is 0 Å². The molecule has 1 aromatic carbocycles. The molecule has 0 saturated carbocycles. The normalized spacial score (nSPS) is 14.6. The zero-order valence-corrected chi connectivity index (χ0v) is 17.4. The number of sulfonamides is 1. The molecule has 0 radical (unpaired) electrons. The Balaban J connectivity index is 2.09. The fourth-order valence-electron chi connectivity index (χ4n) is 3.70. The Morgan fingerprint density at radius 1 is 1.04 bits per heavy atom. The van der Waals surface area contributed by atoms with Gasteiger partial charge in [-0.05, 0) is 52.2 Å². The maximum absolute atomic E-state index is 13.3. The Bertz CT molecular complexity index is 1000. The van der Waals surface area contributed by atoms with Crippen LogP contribution in [0, 0.1) is 27.7 Å². The molecular formula is C20H27N3O3S. The lowest BCUT2D eigenvalue weighted by molar-refractivity contribution is 0.0788. The van der Waals surface area contributed by atoms with Gasteiger partial charge in [0.15, 0.2) is 0 Å². The van der Waals surface area contributed by atoms with Crippen LogP contribution in [0.5, 0.6) is 0 Å². The first-order valence-electron chi connectivity index (χ1n) is 9.18. The highest BCUT2D eigenvalue weighted by Gasteiger charge is 2.33. The van der Waals surface area contributed by atoms with E-state index < -0.39 is 10.0 Å². The molecule has 2 aromatic rings. The molecule has 3 rings (SSSR count). The second kappa shape index (κ2) is 7.03. The molecule has 1 N–H and O–H groups in total. The average Bonchev–Trinajstić information content (AvgIpc) is 3.20. The van der Waals surface area contributed by atoms with E-state index >= 15 is 0 Å². The number of hydrogen-bond acceptors (Lipinski definition) is 3. The SMILES string of the molecule is Cc1ccc(NS(=O)(=O)c2c(C(=O)N3CCCC3)c(C)n(C)c2C)c(C)c1. The molecule has 1 aromatic heterocycles. The van der Waals surface area contributed by atoms with Crippen molar-refractivity contribution in [1.29, 1.82) is 0 Å². The van der Waals surface area contributed by atoms with Gasteiger partial charge in [0.1, 0.15) is 4.90 Å². The maximum atomic E-state index is 13.3. The van der Waals surface area contributed by atoms with E-state index in [-0.39, 0.29) is 16.4 Å². The molecule has 0 spiro atoms. The second-order valence-corrected chi connectivity index (χ2v) is 8.98. The Hall–Kier alpha value is -2.28. The number of rotatable bonds is 4. The van der Waals surface area contributed by atoms with Crippen molar-refractivity contribution in [3.8, 4) is 0 Å². The summed E-state index contributed by atoms with van der Waals surface area (Å²) in [6.07, 6.45) is 1.92. The molecule has 1 saturated heterocycles. The van der Waals surface area contributed by atoms with Gasteiger partial charge in [-0.3, -0.25) is 9.52 Å². The monoisotopic (exact) mass is 389 g/mol. The number of anilines is 1. The third-order valence-electron chi connectivity index (χ3n) is 5.43. The summed E-state index contributed by atoms with van der Waals surface area (Å²) in [5.41, 5.74) is 3.95. The number of nitrogens with zero attached hydrogens (tertiary/aromatic N) is 2. The molecule has 1 aliphatic heterocycles. The Morgan fingerprint density at radius 2 is 1.67 bits per heavy atom. The van der Waals surface area contributed by atoms with Crippen LogP contribution in [0.1, 0.15) is 45.7 Å². The standard InChI is InChI=1S/C20H27N3O3S/c1-13-8-9-17(14(2)12-13)21-27(25,26)19-16(4)22(5)15(3)18(19)20(24)23-10-6-7-11-23/h8-9,12,21H,6-7,10-11H2,1-5H3. The minimum Gasteiger partial charge on any atom is -0.350 e. The molecular weight excluding hydrogens is 362 g/mol. The van der Waals surface area contributed by atoms with Crippen LogP contribution in [0.3, 0.4) is 0 Å². The van der Waals surface area contributed by atoms with E-state index in [0.717, 1.165) is 24.0 Å². The zero-order chi connectivity index (χ0) is 19.9. The average molecular weight is 390 g/mol. The van der Waals surface area contributed by atoms with Crippen LogP contribution < -0.4 is 4.72 Å². The van der Waals surface area contributed by atoms with Gasteiger partial charge in [-0.25, -0.2) is 8.42 Å². The summed E-state index contributed by atoms with van der Waals surface area (Å²) in [6, 6.07) is 5.55. The van der Waals surface area contributed by atoms with E-state index in [0.29, 0.717) is 30.2 Å². The largest absolute Gasteiger partial charge is 0.350 e. The summed E-state index contributed by atoms with van der Waals surface area (Å²) in [7, 11) is -2.11. The molecule has 146 valence electrons. The molecule has 1 amide bonds. The van der Waals surface area contributed by atoms with Crippen LogP contribution in [-0.4, -0.2) is 36.9 Å². The van der Waals surface area contributed by atoms with Crippen LogP contribution >= 0.6 is 0 Å². The minimum atomic E-state index is -3.90. The second-order valence-electron chi connectivity index (χ2n) is 7.36. The number of hydrogen-bond donors (Lipinski definition) is 1. The highest BCUT2D eigenvalue weighted by Crippen LogP contribution is 2.30. The first-order valence-corrected chi connectivity index (χ1v) is 10.7. The Kier molecular flexibility index (Phi) is 5.08. The van der Waals surface area contributed by atoms with Gasteiger partial charge in [-0.1, -0.05) is 17.7 Å². The number of nitrogens with one attached hydrogen (secondary N) is 1. The molecule has 0 bridgehead atoms. The summed E-state index contributed by atoms with van der Waals surface area (Å²) in [6.45, 7) is 8.72. The number of benzene rings is 1. The quantitative estimate of drug-likeness (QED) is 0.872. The lowest BCUT2D eigenvalue weighted by atomic mass is 10.1. The number of carbonyl (C=O) groups excluding carboxylic acids is 1. The molecule has 0 unspecified atom stereocenters. The summed E-state index contributed by atoms with van der Waals surface area (Å²) < 4.78 is 31.0. The van der Waals surface area contributed by atoms with E-state index in [4.69, 9.17) is 0 Å². The van der Waals surface area contributed by atoms with Crippen molar-refractivity contribution in [1.82, 2.24) is 9.47 Å². The molecule has 27 heavy (non-hydrogen) atoms. The Morgan fingerprint density at radius 3 is 2.26 bits per heavy atom. The predicted molar refractivity (Wildman–Crippen MR) is 107 cm³/mol. The van der Waals surface area contributed by atoms with E-state index in [2.05, 4.69) is 4.72 Å². The summed E-state index contributed by atoms with van der Waals surface area (Å²) in [5, 5.41) is 0. The van der Waals surface area contributed by atoms with Crippen molar-refractivity contribution in [3.63, 3.8) is 0 Å². The highest BCUT2D eigenvalue weighted by atomic mass is 32.2. The van der Waals surface area contributed by atoms with Crippen molar-refractivity contribution in [2.75, 3.05) is 17.8 Å². The fraction of sp³-hybridized carbons (Fsp3) is 0.450. The summed E-state index contributed by atoms with van der Waals surface area (Å²) in [5.74, 6) is -0.199. The first kappa shape index (κ1) is 19.5. The molecule has 1 fully saturated rings. The number of aryl methyl sites for hydroxylation is 2. The molecule has 7 heteroatoms. The van der Waals surface area contributed by atoms with Crippen LogP contribution in [0.25, 0.3) is 0 Å². The Labute approximate surface area is 161 Å². The van der Waals surface area contributed by atoms with Crippen LogP contribution in [0.4, 0.5) is 5.69 Å². The summed E-state index contributed by atoms with van der Waals surface area (Å²) >= 11 is 0. The molecule has 1 aliphatic rings. The molecule has 6 nitrogen and oxygen atoms in total. The fourth-order valence-corrected chi connectivity index (χ4v) is 5.35. The van der Waals surface area contributed by atoms with Crippen molar-refractivity contribution in [2.24, 2.45) is 7.05 Å². The van der Waals surface area contributed by atoms with E-state index in [9.17, 15) is 13.2 Å². The van der Waals surface area contributed by atoms with Gasteiger partial charge in [-0.2, -0.15) is 0 Å². The molecule has 0 aliphatic carbocycles. The third kappa shape index (κ3) is 3.48. The molecule has 0 atom stereocenters. The van der Waals surface area contributed by atoms with E-state index in [1.807, 2.05) is 26.0 Å². The van der Waals surface area contributed by atoms with Crippen molar-refractivity contribution >= 4 is 21.6 Å². The van der Waals surface area contributed by atoms with Crippen LogP contribution in [0.2, 0.25) is 0 Å². The lowest BCUT2D eigenvalue weighted by Crippen LogP contribution is -2.30. The summed E-state index contributed by atoms with van der Waals surface area (Å²) in [4.78, 5) is 14.9. The predicted octanol–water partition coefficient (Wildman–Crippen LogP) is 3.30. The van der Waals surface area contributed by atoms with E-state index in [1.165, 1.54) is 0 Å². The van der Waals surface area contributed by atoms with Gasteiger partial charge >= 0.3 is 0 Å². The number of aromatic nitrogens is 1. The molecule has 2 heterocycles. The van der Waals surface area contributed by atoms with Crippen molar-refractivity contribution < 1.29 is 13.2 Å². The van der Waals surface area contributed by atoms with Gasteiger partial charge in [-0.15, -0.1) is 0 Å². The number of likely N-dealkylation sites (tertiary alicyclic amines) is 1. The smallest absolute Gasteiger partial charge is 0.264 e. The van der Waals surface area contributed by atoms with Crippen molar-refractivity contribution in [3.05, 3.63) is 46.3 Å². The van der Waals surface area contributed by atoms with E-state index in [1.54, 1.807) is 36.4 Å². The van der Waals surface area contributed by atoms with Gasteiger partial charge < -0.3 is 9.47 Å². The number of amides is 1.